The number of rotatable bonds is 6. The monoisotopic (exact) mass is 603 g/mol. The van der Waals surface area contributed by atoms with Crippen LogP contribution in [0.4, 0.5) is 15.3 Å². The maximum absolute atomic E-state index is 13.1. The lowest BCUT2D eigenvalue weighted by molar-refractivity contribution is -0.151. The van der Waals surface area contributed by atoms with Crippen LogP contribution in [0.5, 0.6) is 5.75 Å². The summed E-state index contributed by atoms with van der Waals surface area (Å²) in [5, 5.41) is 1.51. The molecular weight excluding hydrogens is 562 g/mol. The Kier molecular flexibility index (Phi) is 9.27. The maximum atomic E-state index is 13.1. The van der Waals surface area contributed by atoms with Crippen LogP contribution in [0, 0.1) is 0 Å². The van der Waals surface area contributed by atoms with Crippen molar-refractivity contribution in [3.05, 3.63) is 53.6 Å². The molecule has 0 aliphatic carbocycles. The number of nitrogens with one attached hydrogen (secondary N) is 1. The molecule has 230 valence electrons. The van der Waals surface area contributed by atoms with Crippen molar-refractivity contribution in [2.24, 2.45) is 0 Å². The van der Waals surface area contributed by atoms with Gasteiger partial charge in [-0.05, 0) is 95.5 Å². The molecule has 2 heterocycles. The third-order valence-corrected chi connectivity index (χ3v) is 7.96. The van der Waals surface area contributed by atoms with Gasteiger partial charge in [0.15, 0.2) is 0 Å². The van der Waals surface area contributed by atoms with Gasteiger partial charge < -0.3 is 23.9 Å². The van der Waals surface area contributed by atoms with Crippen molar-refractivity contribution in [2.45, 2.75) is 89.6 Å². The lowest BCUT2D eigenvalue weighted by Crippen LogP contribution is -2.44. The average molecular weight is 604 g/mol. The van der Waals surface area contributed by atoms with Crippen LogP contribution in [0.2, 0.25) is 0 Å². The van der Waals surface area contributed by atoms with E-state index in [1.807, 2.05) is 26.8 Å². The highest BCUT2D eigenvalue weighted by molar-refractivity contribution is 7.92. The molecule has 11 nitrogen and oxygen atoms in total. The van der Waals surface area contributed by atoms with E-state index in [2.05, 4.69) is 4.72 Å². The summed E-state index contributed by atoms with van der Waals surface area (Å²) in [7, 11) is -3.86. The third-order valence-electron chi connectivity index (χ3n) is 6.56. The molecule has 1 fully saturated rings. The van der Waals surface area contributed by atoms with Crippen molar-refractivity contribution in [3.8, 4) is 5.75 Å². The zero-order valence-corrected chi connectivity index (χ0v) is 26.0. The van der Waals surface area contributed by atoms with E-state index in [1.54, 1.807) is 49.9 Å². The maximum Gasteiger partial charge on any atom is 0.528 e. The molecule has 2 aromatic rings. The van der Waals surface area contributed by atoms with E-state index in [4.69, 9.17) is 19.0 Å². The summed E-state index contributed by atoms with van der Waals surface area (Å²) in [6.07, 6.45) is 0.763. The van der Waals surface area contributed by atoms with E-state index in [0.717, 1.165) is 11.1 Å². The van der Waals surface area contributed by atoms with Gasteiger partial charge in [-0.15, -0.1) is 5.06 Å². The minimum absolute atomic E-state index is 0.0846. The van der Waals surface area contributed by atoms with Gasteiger partial charge in [0.1, 0.15) is 23.1 Å². The third kappa shape index (κ3) is 8.99. The topological polar surface area (TPSA) is 124 Å². The highest BCUT2D eigenvalue weighted by atomic mass is 32.2. The van der Waals surface area contributed by atoms with Gasteiger partial charge in [-0.2, -0.15) is 0 Å². The highest BCUT2D eigenvalue weighted by Gasteiger charge is 2.28. The number of piperidine rings is 1. The van der Waals surface area contributed by atoms with E-state index in [1.165, 1.54) is 17.2 Å². The van der Waals surface area contributed by atoms with Crippen molar-refractivity contribution >= 4 is 28.0 Å². The van der Waals surface area contributed by atoms with E-state index < -0.39 is 27.4 Å². The summed E-state index contributed by atoms with van der Waals surface area (Å²) < 4.78 is 45.6. The first-order valence-electron chi connectivity index (χ1n) is 14.1. The number of carbonyl (C=O) groups is 2. The van der Waals surface area contributed by atoms with Gasteiger partial charge in [-0.25, -0.2) is 18.0 Å². The van der Waals surface area contributed by atoms with E-state index in [-0.39, 0.29) is 17.1 Å². The van der Waals surface area contributed by atoms with E-state index >= 15 is 0 Å². The summed E-state index contributed by atoms with van der Waals surface area (Å²) in [5.74, 6) is 0.559. The predicted octanol–water partition coefficient (Wildman–Crippen LogP) is 5.49. The second-order valence-electron chi connectivity index (χ2n) is 12.5. The second-order valence-corrected chi connectivity index (χ2v) is 14.2. The van der Waals surface area contributed by atoms with Gasteiger partial charge in [0.2, 0.25) is 0 Å². The number of carbonyl (C=O) groups excluding carboxylic acids is 2. The van der Waals surface area contributed by atoms with Crippen LogP contribution < -0.4 is 9.46 Å². The number of ether oxygens (including phenoxy) is 3. The van der Waals surface area contributed by atoms with Crippen LogP contribution in [0.15, 0.2) is 47.4 Å². The van der Waals surface area contributed by atoms with Crippen LogP contribution in [0.1, 0.15) is 65.5 Å². The molecule has 1 N–H and O–H groups in total. The van der Waals surface area contributed by atoms with Gasteiger partial charge >= 0.3 is 12.2 Å². The molecule has 12 heteroatoms. The minimum Gasteiger partial charge on any atom is -0.490 e. The molecule has 0 spiro atoms. The van der Waals surface area contributed by atoms with Crippen LogP contribution in [0.25, 0.3) is 0 Å². The van der Waals surface area contributed by atoms with Crippen molar-refractivity contribution in [3.63, 3.8) is 0 Å². The van der Waals surface area contributed by atoms with E-state index in [9.17, 15) is 18.0 Å². The summed E-state index contributed by atoms with van der Waals surface area (Å²) >= 11 is 0. The number of likely N-dealkylation sites (tertiary alicyclic amines) is 1. The molecule has 0 radical (unpaired) electrons. The molecule has 1 saturated heterocycles. The molecule has 0 atom stereocenters. The molecule has 2 aliphatic heterocycles. The number of hydrogen-bond donors (Lipinski definition) is 1. The van der Waals surface area contributed by atoms with Crippen LogP contribution >= 0.6 is 0 Å². The summed E-state index contributed by atoms with van der Waals surface area (Å²) in [4.78, 5) is 31.5. The standard InChI is InChI=1S/C30H41N3O8S/c1-29(2,3)39-27(34)32-16-14-25(15-17-32)38-24-9-11-26(12-10-24)42(36,37)31-23-8-7-21-13-18-33(20-22(21)19-23)41-28(35)40-30(4,5)6/h7-12,19,25,31H,13-18,20H2,1-6H3. The lowest BCUT2D eigenvalue weighted by atomic mass is 10.0. The SMILES string of the molecule is CC(C)(C)OC(=O)ON1CCc2ccc(NS(=O)(=O)c3ccc(OC4CCN(C(=O)OC(C)(C)C)CC4)cc3)cc2C1. The molecule has 0 saturated carbocycles. The Hall–Kier alpha value is -3.51. The number of sulfonamides is 1. The lowest BCUT2D eigenvalue weighted by Gasteiger charge is -2.33. The Morgan fingerprint density at radius 2 is 1.50 bits per heavy atom. The number of hydrogen-bond acceptors (Lipinski definition) is 9. The van der Waals surface area contributed by atoms with Crippen LogP contribution in [-0.2, 0) is 37.3 Å². The first kappa shape index (κ1) is 31.4. The normalized spacial score (nSPS) is 16.8. The van der Waals surface area contributed by atoms with Crippen LogP contribution in [-0.4, -0.2) is 67.6 Å². The highest BCUT2D eigenvalue weighted by Crippen LogP contribution is 2.27. The van der Waals surface area contributed by atoms with Gasteiger partial charge in [0, 0.05) is 38.2 Å². The number of fused-ring (bicyclic) bond motifs is 1. The molecule has 42 heavy (non-hydrogen) atoms. The molecule has 0 aromatic heterocycles. The summed E-state index contributed by atoms with van der Waals surface area (Å²) in [6.45, 7) is 12.7. The molecule has 0 unspecified atom stereocenters. The Balaban J connectivity index is 1.31. The number of amides is 1. The fourth-order valence-electron chi connectivity index (χ4n) is 4.63. The van der Waals surface area contributed by atoms with Crippen molar-refractivity contribution in [2.75, 3.05) is 24.4 Å². The zero-order chi connectivity index (χ0) is 30.7. The molecule has 2 aromatic carbocycles. The van der Waals surface area contributed by atoms with Gasteiger partial charge in [-0.3, -0.25) is 4.72 Å². The Bertz CT molecular complexity index is 1370. The van der Waals surface area contributed by atoms with E-state index in [0.29, 0.717) is 56.9 Å². The van der Waals surface area contributed by atoms with Crippen molar-refractivity contribution < 1.29 is 37.1 Å². The number of nitrogens with zero attached hydrogens (tertiary/aromatic N) is 2. The zero-order valence-electron chi connectivity index (χ0n) is 25.1. The largest absolute Gasteiger partial charge is 0.528 e. The number of anilines is 1. The smallest absolute Gasteiger partial charge is 0.490 e. The number of benzene rings is 2. The first-order chi connectivity index (χ1) is 19.6. The average Bonchev–Trinajstić information content (AvgIpc) is 2.87. The summed E-state index contributed by atoms with van der Waals surface area (Å²) in [5.41, 5.74) is 1.11. The van der Waals surface area contributed by atoms with Gasteiger partial charge in [0.05, 0.1) is 11.4 Å². The molecule has 2 aliphatic rings. The Labute approximate surface area is 248 Å². The minimum atomic E-state index is -3.86. The van der Waals surface area contributed by atoms with Crippen molar-refractivity contribution in [1.29, 1.82) is 0 Å². The number of hydroxylamine groups is 2. The van der Waals surface area contributed by atoms with Crippen LogP contribution in [0.3, 0.4) is 0 Å². The van der Waals surface area contributed by atoms with Crippen molar-refractivity contribution in [1.82, 2.24) is 9.96 Å². The quantitative estimate of drug-likeness (QED) is 0.427. The van der Waals surface area contributed by atoms with Gasteiger partial charge in [-0.1, -0.05) is 6.07 Å². The fourth-order valence-corrected chi connectivity index (χ4v) is 5.68. The molecular formula is C30H41N3O8S. The Morgan fingerprint density at radius 3 is 2.12 bits per heavy atom. The molecule has 4 rings (SSSR count). The summed E-state index contributed by atoms with van der Waals surface area (Å²) in [6, 6.07) is 11.6. The Morgan fingerprint density at radius 1 is 0.857 bits per heavy atom. The van der Waals surface area contributed by atoms with Gasteiger partial charge in [0.25, 0.3) is 10.0 Å². The second kappa shape index (κ2) is 12.4. The first-order valence-corrected chi connectivity index (χ1v) is 15.6. The predicted molar refractivity (Wildman–Crippen MR) is 157 cm³/mol. The molecule has 1 amide bonds. The molecule has 0 bridgehead atoms. The fraction of sp³-hybridized carbons (Fsp3) is 0.533.